The highest BCUT2D eigenvalue weighted by Gasteiger charge is 2.11. The summed E-state index contributed by atoms with van der Waals surface area (Å²) in [7, 11) is 1.92. The first kappa shape index (κ1) is 15.7. The largest absolute Gasteiger partial charge is 0.342 e. The van der Waals surface area contributed by atoms with Crippen LogP contribution in [0.3, 0.4) is 0 Å². The van der Waals surface area contributed by atoms with Gasteiger partial charge in [0.05, 0.1) is 0 Å². The Hall–Kier alpha value is -1.31. The van der Waals surface area contributed by atoms with Crippen LogP contribution in [0.5, 0.6) is 0 Å². The molecule has 0 saturated carbocycles. The molecule has 0 bridgehead atoms. The predicted octanol–water partition coefficient (Wildman–Crippen LogP) is 4.25. The van der Waals surface area contributed by atoms with Crippen molar-refractivity contribution >= 4 is 5.91 Å². The molecular formula is C17H27NO. The highest BCUT2D eigenvalue weighted by atomic mass is 16.2. The monoisotopic (exact) mass is 261 g/mol. The van der Waals surface area contributed by atoms with Crippen molar-refractivity contribution in [2.75, 3.05) is 13.6 Å². The zero-order valence-electron chi connectivity index (χ0n) is 12.6. The second-order valence-corrected chi connectivity index (χ2v) is 5.34. The van der Waals surface area contributed by atoms with E-state index in [0.29, 0.717) is 6.42 Å². The molecule has 0 saturated heterocycles. The highest BCUT2D eigenvalue weighted by molar-refractivity contribution is 5.76. The second kappa shape index (κ2) is 8.73. The summed E-state index contributed by atoms with van der Waals surface area (Å²) < 4.78 is 0. The van der Waals surface area contributed by atoms with E-state index in [1.54, 1.807) is 0 Å². The maximum atomic E-state index is 12.0. The molecule has 19 heavy (non-hydrogen) atoms. The minimum Gasteiger partial charge on any atom is -0.342 e. The van der Waals surface area contributed by atoms with E-state index in [1.807, 2.05) is 11.9 Å². The number of allylic oxidation sites excluding steroid dienone is 5. The van der Waals surface area contributed by atoms with Crippen molar-refractivity contribution in [3.63, 3.8) is 0 Å². The van der Waals surface area contributed by atoms with Gasteiger partial charge < -0.3 is 4.90 Å². The molecule has 0 aliphatic heterocycles. The molecule has 1 aliphatic rings. The number of carbonyl (C=O) groups excluding carboxylic acids is 1. The van der Waals surface area contributed by atoms with Gasteiger partial charge in [-0.3, -0.25) is 4.79 Å². The Balaban J connectivity index is 2.41. The van der Waals surface area contributed by atoms with Crippen LogP contribution in [-0.2, 0) is 4.79 Å². The van der Waals surface area contributed by atoms with E-state index in [-0.39, 0.29) is 5.91 Å². The predicted molar refractivity (Wildman–Crippen MR) is 82.0 cm³/mol. The number of likely N-dealkylation sites (N-methyl/N-ethyl adjacent to an activating group) is 1. The molecule has 1 rings (SSSR count). The summed E-state index contributed by atoms with van der Waals surface area (Å²) in [6.07, 6.45) is 14.7. The average Bonchev–Trinajstić information content (AvgIpc) is 2.60. The van der Waals surface area contributed by atoms with Crippen LogP contribution in [0.15, 0.2) is 35.5 Å². The molecule has 0 heterocycles. The summed E-state index contributed by atoms with van der Waals surface area (Å²) >= 11 is 0. The van der Waals surface area contributed by atoms with Crippen LogP contribution in [0, 0.1) is 0 Å². The van der Waals surface area contributed by atoms with Crippen LogP contribution in [-0.4, -0.2) is 24.4 Å². The van der Waals surface area contributed by atoms with Gasteiger partial charge in [0.15, 0.2) is 0 Å². The van der Waals surface area contributed by atoms with Gasteiger partial charge in [0.25, 0.3) is 0 Å². The van der Waals surface area contributed by atoms with E-state index in [0.717, 1.165) is 19.4 Å². The van der Waals surface area contributed by atoms with Crippen LogP contribution >= 0.6 is 0 Å². The number of hydrogen-bond acceptors (Lipinski definition) is 1. The zero-order valence-corrected chi connectivity index (χ0v) is 12.6. The quantitative estimate of drug-likeness (QED) is 0.627. The third kappa shape index (κ3) is 5.91. The van der Waals surface area contributed by atoms with Gasteiger partial charge in [-0.05, 0) is 30.9 Å². The summed E-state index contributed by atoms with van der Waals surface area (Å²) in [4.78, 5) is 13.9. The van der Waals surface area contributed by atoms with E-state index in [4.69, 9.17) is 0 Å². The summed E-state index contributed by atoms with van der Waals surface area (Å²) in [5, 5.41) is 0. The molecule has 0 unspecified atom stereocenters. The van der Waals surface area contributed by atoms with Crippen molar-refractivity contribution in [3.8, 4) is 0 Å². The van der Waals surface area contributed by atoms with Gasteiger partial charge in [0.2, 0.25) is 5.91 Å². The Labute approximate surface area is 117 Å². The van der Waals surface area contributed by atoms with Gasteiger partial charge in [0.1, 0.15) is 0 Å². The van der Waals surface area contributed by atoms with Crippen molar-refractivity contribution in [2.45, 2.75) is 52.4 Å². The Morgan fingerprint density at radius 2 is 2.05 bits per heavy atom. The van der Waals surface area contributed by atoms with Crippen LogP contribution < -0.4 is 0 Å². The molecule has 0 aromatic carbocycles. The molecule has 2 nitrogen and oxygen atoms in total. The van der Waals surface area contributed by atoms with Crippen molar-refractivity contribution in [3.05, 3.63) is 35.5 Å². The molecule has 1 amide bonds. The van der Waals surface area contributed by atoms with Crippen LogP contribution in [0.4, 0.5) is 0 Å². The summed E-state index contributed by atoms with van der Waals surface area (Å²) in [5.41, 5.74) is 2.63. The Kier molecular flexibility index (Phi) is 7.24. The average molecular weight is 261 g/mol. The summed E-state index contributed by atoms with van der Waals surface area (Å²) in [5.74, 6) is 0.272. The molecule has 0 aromatic heterocycles. The van der Waals surface area contributed by atoms with E-state index < -0.39 is 0 Å². The summed E-state index contributed by atoms with van der Waals surface area (Å²) in [6.45, 7) is 5.07. The number of hydrogen-bond donors (Lipinski definition) is 0. The maximum absolute atomic E-state index is 12.0. The van der Waals surface area contributed by atoms with E-state index in [1.165, 1.54) is 30.4 Å². The molecule has 2 heteroatoms. The lowest BCUT2D eigenvalue weighted by Gasteiger charge is -2.19. The first-order valence-electron chi connectivity index (χ1n) is 7.41. The molecule has 0 radical (unpaired) electrons. The fourth-order valence-electron chi connectivity index (χ4n) is 2.23. The lowest BCUT2D eigenvalue weighted by atomic mass is 10.1. The molecule has 1 aliphatic carbocycles. The first-order chi connectivity index (χ1) is 9.15. The highest BCUT2D eigenvalue weighted by Crippen LogP contribution is 2.16. The lowest BCUT2D eigenvalue weighted by molar-refractivity contribution is -0.129. The Bertz CT molecular complexity index is 377. The van der Waals surface area contributed by atoms with Crippen LogP contribution in [0.1, 0.15) is 52.4 Å². The van der Waals surface area contributed by atoms with Gasteiger partial charge in [-0.25, -0.2) is 0 Å². The van der Waals surface area contributed by atoms with Crippen molar-refractivity contribution in [2.24, 2.45) is 0 Å². The molecule has 0 spiro atoms. The molecule has 0 atom stereocenters. The summed E-state index contributed by atoms with van der Waals surface area (Å²) in [6, 6.07) is 0. The topological polar surface area (TPSA) is 20.3 Å². The smallest absolute Gasteiger partial charge is 0.222 e. The molecule has 0 aromatic rings. The third-order valence-corrected chi connectivity index (χ3v) is 3.61. The molecule has 106 valence electrons. The fourth-order valence-corrected chi connectivity index (χ4v) is 2.23. The molecule has 0 N–H and O–H groups in total. The minimum atomic E-state index is 0.272. The molecular weight excluding hydrogens is 234 g/mol. The molecule has 0 fully saturated rings. The standard InChI is InChI=1S/C17H27NO/c1-4-5-6-10-13-17(19)18(3)14-16-12-9-7-8-11-15(16)2/h7-9,11H,4-6,10,12-14H2,1-3H3. The van der Waals surface area contributed by atoms with Crippen LogP contribution in [0.25, 0.3) is 0 Å². The Morgan fingerprint density at radius 3 is 2.79 bits per heavy atom. The van der Waals surface area contributed by atoms with Gasteiger partial charge in [0, 0.05) is 20.0 Å². The normalized spacial score (nSPS) is 14.7. The van der Waals surface area contributed by atoms with Crippen LogP contribution in [0.2, 0.25) is 0 Å². The van der Waals surface area contributed by atoms with Crippen molar-refractivity contribution in [1.29, 1.82) is 0 Å². The zero-order chi connectivity index (χ0) is 14.1. The number of amides is 1. The first-order valence-corrected chi connectivity index (χ1v) is 7.41. The lowest BCUT2D eigenvalue weighted by Crippen LogP contribution is -2.28. The van der Waals surface area contributed by atoms with E-state index in [9.17, 15) is 4.79 Å². The number of rotatable bonds is 7. The van der Waals surface area contributed by atoms with Gasteiger partial charge in [-0.1, -0.05) is 50.5 Å². The van der Waals surface area contributed by atoms with Crippen molar-refractivity contribution < 1.29 is 4.79 Å². The van der Waals surface area contributed by atoms with Gasteiger partial charge in [-0.15, -0.1) is 0 Å². The number of unbranched alkanes of at least 4 members (excludes halogenated alkanes) is 3. The minimum absolute atomic E-state index is 0.272. The number of carbonyl (C=O) groups is 1. The second-order valence-electron chi connectivity index (χ2n) is 5.34. The SMILES string of the molecule is CCCCCCC(=O)N(C)CC1=C(C)C=CC=CC1. The Morgan fingerprint density at radius 1 is 1.26 bits per heavy atom. The fraction of sp³-hybridized carbons (Fsp3) is 0.588. The number of nitrogens with zero attached hydrogens (tertiary/aromatic N) is 1. The van der Waals surface area contributed by atoms with Crippen molar-refractivity contribution in [1.82, 2.24) is 4.90 Å². The third-order valence-electron chi connectivity index (χ3n) is 3.61. The van der Waals surface area contributed by atoms with Gasteiger partial charge >= 0.3 is 0 Å². The van der Waals surface area contributed by atoms with Gasteiger partial charge in [-0.2, -0.15) is 0 Å². The maximum Gasteiger partial charge on any atom is 0.222 e. The van der Waals surface area contributed by atoms with E-state index >= 15 is 0 Å². The van der Waals surface area contributed by atoms with E-state index in [2.05, 4.69) is 38.2 Å².